The van der Waals surface area contributed by atoms with Crippen LogP contribution >= 0.6 is 0 Å². The second-order valence-corrected chi connectivity index (χ2v) is 5.01. The summed E-state index contributed by atoms with van der Waals surface area (Å²) in [5.41, 5.74) is 0.988. The third-order valence-corrected chi connectivity index (χ3v) is 3.46. The van der Waals surface area contributed by atoms with E-state index in [4.69, 9.17) is 4.74 Å². The van der Waals surface area contributed by atoms with Gasteiger partial charge in [0.25, 0.3) is 0 Å². The molecule has 0 unspecified atom stereocenters. The monoisotopic (exact) mass is 304 g/mol. The molecule has 0 spiro atoms. The molecule has 0 heterocycles. The summed E-state index contributed by atoms with van der Waals surface area (Å²) < 4.78 is 5.38. The van der Waals surface area contributed by atoms with Crippen molar-refractivity contribution < 1.29 is 9.53 Å². The van der Waals surface area contributed by atoms with Crippen LogP contribution in [0.5, 0.6) is 5.75 Å². The lowest BCUT2D eigenvalue weighted by Gasteiger charge is -2.17. The van der Waals surface area contributed by atoms with Gasteiger partial charge in [-0.15, -0.1) is 0 Å². The highest BCUT2D eigenvalue weighted by molar-refractivity contribution is 5.91. The Bertz CT molecular complexity index is 451. The standard InChI is InChI=1S/C18H28N2O2/c1-4-20(5-2)15-7-14-19-18(21)13-10-16-8-11-17(12-9-16)22-6-3/h8-13H,4-7,14-15H2,1-3H3,(H,19,21)/b13-10+. The molecule has 0 aliphatic carbocycles. The SMILES string of the molecule is CCOc1ccc(/C=C/C(=O)NCCCN(CC)CC)cc1. The van der Waals surface area contributed by atoms with Crippen molar-refractivity contribution >= 4 is 12.0 Å². The Labute approximate surface area is 134 Å². The first kappa shape index (κ1) is 18.2. The maximum atomic E-state index is 11.7. The summed E-state index contributed by atoms with van der Waals surface area (Å²) in [5, 5.41) is 2.91. The highest BCUT2D eigenvalue weighted by atomic mass is 16.5. The van der Waals surface area contributed by atoms with Crippen molar-refractivity contribution in [3.63, 3.8) is 0 Å². The minimum atomic E-state index is -0.0477. The topological polar surface area (TPSA) is 41.6 Å². The third kappa shape index (κ3) is 7.27. The molecule has 0 bridgehead atoms. The maximum Gasteiger partial charge on any atom is 0.243 e. The summed E-state index contributed by atoms with van der Waals surface area (Å²) in [5.74, 6) is 0.800. The Balaban J connectivity index is 2.29. The molecule has 4 nitrogen and oxygen atoms in total. The van der Waals surface area contributed by atoms with Crippen LogP contribution in [0.3, 0.4) is 0 Å². The van der Waals surface area contributed by atoms with Crippen molar-refractivity contribution in [2.75, 3.05) is 32.8 Å². The van der Waals surface area contributed by atoms with E-state index in [2.05, 4.69) is 24.1 Å². The van der Waals surface area contributed by atoms with Crippen LogP contribution in [0, 0.1) is 0 Å². The molecule has 0 saturated carbocycles. The third-order valence-electron chi connectivity index (χ3n) is 3.46. The molecule has 122 valence electrons. The molecule has 1 aromatic carbocycles. The molecule has 22 heavy (non-hydrogen) atoms. The van der Waals surface area contributed by atoms with Crippen LogP contribution in [-0.2, 0) is 4.79 Å². The highest BCUT2D eigenvalue weighted by Crippen LogP contribution is 2.12. The van der Waals surface area contributed by atoms with Gasteiger partial charge in [0, 0.05) is 12.6 Å². The fraction of sp³-hybridized carbons (Fsp3) is 0.500. The zero-order chi connectivity index (χ0) is 16.2. The Hall–Kier alpha value is -1.81. The number of amides is 1. The minimum absolute atomic E-state index is 0.0477. The van der Waals surface area contributed by atoms with Crippen molar-refractivity contribution in [1.29, 1.82) is 0 Å². The molecule has 1 aromatic rings. The highest BCUT2D eigenvalue weighted by Gasteiger charge is 1.99. The predicted molar refractivity (Wildman–Crippen MR) is 92.1 cm³/mol. The lowest BCUT2D eigenvalue weighted by atomic mass is 10.2. The predicted octanol–water partition coefficient (Wildman–Crippen LogP) is 2.95. The first-order valence-corrected chi connectivity index (χ1v) is 8.10. The van der Waals surface area contributed by atoms with E-state index in [0.717, 1.165) is 37.4 Å². The van der Waals surface area contributed by atoms with Crippen LogP contribution in [0.15, 0.2) is 30.3 Å². The van der Waals surface area contributed by atoms with Gasteiger partial charge in [0.1, 0.15) is 5.75 Å². The van der Waals surface area contributed by atoms with Crippen LogP contribution in [0.1, 0.15) is 32.8 Å². The van der Waals surface area contributed by atoms with Crippen LogP contribution in [0.2, 0.25) is 0 Å². The minimum Gasteiger partial charge on any atom is -0.494 e. The molecule has 0 aromatic heterocycles. The summed E-state index contributed by atoms with van der Waals surface area (Å²) in [6.07, 6.45) is 4.37. The average molecular weight is 304 g/mol. The van der Waals surface area contributed by atoms with Gasteiger partial charge >= 0.3 is 0 Å². The van der Waals surface area contributed by atoms with E-state index in [9.17, 15) is 4.79 Å². The van der Waals surface area contributed by atoms with E-state index in [1.165, 1.54) is 0 Å². The van der Waals surface area contributed by atoms with Gasteiger partial charge in [-0.25, -0.2) is 0 Å². The van der Waals surface area contributed by atoms with Crippen LogP contribution in [0.25, 0.3) is 6.08 Å². The van der Waals surface area contributed by atoms with Crippen molar-refractivity contribution in [1.82, 2.24) is 10.2 Å². The lowest BCUT2D eigenvalue weighted by Crippen LogP contribution is -2.29. The molecular formula is C18H28N2O2. The lowest BCUT2D eigenvalue weighted by molar-refractivity contribution is -0.116. The number of rotatable bonds is 10. The summed E-state index contributed by atoms with van der Waals surface area (Å²) in [6, 6.07) is 7.70. The van der Waals surface area contributed by atoms with Crippen LogP contribution < -0.4 is 10.1 Å². The van der Waals surface area contributed by atoms with Crippen LogP contribution in [-0.4, -0.2) is 43.6 Å². The van der Waals surface area contributed by atoms with Gasteiger partial charge in [0.05, 0.1) is 6.61 Å². The maximum absolute atomic E-state index is 11.7. The molecule has 0 aliphatic heterocycles. The molecular weight excluding hydrogens is 276 g/mol. The van der Waals surface area contributed by atoms with E-state index in [-0.39, 0.29) is 5.91 Å². The quantitative estimate of drug-likeness (QED) is 0.534. The second-order valence-electron chi connectivity index (χ2n) is 5.01. The van der Waals surface area contributed by atoms with Gasteiger partial charge in [0.15, 0.2) is 0 Å². The normalized spacial score (nSPS) is 11.1. The van der Waals surface area contributed by atoms with E-state index in [0.29, 0.717) is 13.2 Å². The smallest absolute Gasteiger partial charge is 0.243 e. The Morgan fingerprint density at radius 3 is 2.45 bits per heavy atom. The molecule has 1 amide bonds. The first-order chi connectivity index (χ1) is 10.7. The summed E-state index contributed by atoms with van der Waals surface area (Å²) in [7, 11) is 0. The Kier molecular flexibility index (Phi) is 9.00. The van der Waals surface area contributed by atoms with Gasteiger partial charge in [-0.2, -0.15) is 0 Å². The number of benzene rings is 1. The molecule has 0 fully saturated rings. The van der Waals surface area contributed by atoms with Gasteiger partial charge in [-0.05, 0) is 56.8 Å². The van der Waals surface area contributed by atoms with Crippen molar-refractivity contribution in [3.05, 3.63) is 35.9 Å². The zero-order valence-corrected chi connectivity index (χ0v) is 14.0. The largest absolute Gasteiger partial charge is 0.494 e. The van der Waals surface area contributed by atoms with E-state index in [1.807, 2.05) is 37.3 Å². The van der Waals surface area contributed by atoms with Crippen LogP contribution in [0.4, 0.5) is 0 Å². The van der Waals surface area contributed by atoms with Gasteiger partial charge in [0.2, 0.25) is 5.91 Å². The number of nitrogens with one attached hydrogen (secondary N) is 1. The second kappa shape index (κ2) is 10.9. The van der Waals surface area contributed by atoms with Crippen molar-refractivity contribution in [2.24, 2.45) is 0 Å². The number of ether oxygens (including phenoxy) is 1. The summed E-state index contributed by atoms with van der Waals surface area (Å²) >= 11 is 0. The molecule has 1 N–H and O–H groups in total. The number of hydrogen-bond acceptors (Lipinski definition) is 3. The number of carbonyl (C=O) groups is 1. The van der Waals surface area contributed by atoms with Crippen molar-refractivity contribution in [3.8, 4) is 5.75 Å². The number of hydrogen-bond donors (Lipinski definition) is 1. The van der Waals surface area contributed by atoms with Gasteiger partial charge < -0.3 is 15.0 Å². The van der Waals surface area contributed by atoms with Gasteiger partial charge in [-0.3, -0.25) is 4.79 Å². The number of carbonyl (C=O) groups excluding carboxylic acids is 1. The molecule has 0 atom stereocenters. The van der Waals surface area contributed by atoms with Crippen molar-refractivity contribution in [2.45, 2.75) is 27.2 Å². The zero-order valence-electron chi connectivity index (χ0n) is 14.0. The molecule has 0 radical (unpaired) electrons. The average Bonchev–Trinajstić information content (AvgIpc) is 2.54. The van der Waals surface area contributed by atoms with E-state index >= 15 is 0 Å². The molecule has 4 heteroatoms. The van der Waals surface area contributed by atoms with Gasteiger partial charge in [-0.1, -0.05) is 26.0 Å². The number of nitrogens with zero attached hydrogens (tertiary/aromatic N) is 1. The Morgan fingerprint density at radius 2 is 1.86 bits per heavy atom. The fourth-order valence-electron chi connectivity index (χ4n) is 2.13. The fourth-order valence-corrected chi connectivity index (χ4v) is 2.13. The summed E-state index contributed by atoms with van der Waals surface area (Å²) in [4.78, 5) is 14.1. The van der Waals surface area contributed by atoms with E-state index in [1.54, 1.807) is 6.08 Å². The molecule has 1 rings (SSSR count). The van der Waals surface area contributed by atoms with E-state index < -0.39 is 0 Å². The Morgan fingerprint density at radius 1 is 1.18 bits per heavy atom. The molecule has 0 aliphatic rings. The molecule has 0 saturated heterocycles. The summed E-state index contributed by atoms with van der Waals surface area (Å²) in [6.45, 7) is 10.8. The first-order valence-electron chi connectivity index (χ1n) is 8.10.